The summed E-state index contributed by atoms with van der Waals surface area (Å²) in [6, 6.07) is 7.60. The Kier molecular flexibility index (Phi) is 5.94. The number of nitrogens with zero attached hydrogens (tertiary/aromatic N) is 1. The van der Waals surface area contributed by atoms with Gasteiger partial charge in [0.25, 0.3) is 0 Å². The lowest BCUT2D eigenvalue weighted by molar-refractivity contribution is 0.0474. The van der Waals surface area contributed by atoms with Gasteiger partial charge in [0.2, 0.25) is 11.7 Å². The summed E-state index contributed by atoms with van der Waals surface area (Å²) >= 11 is 0. The van der Waals surface area contributed by atoms with Crippen LogP contribution in [-0.4, -0.2) is 41.5 Å². The normalized spacial score (nSPS) is 16.1. The number of hydrogen-bond donors (Lipinski definition) is 1. The van der Waals surface area contributed by atoms with E-state index in [0.717, 1.165) is 37.4 Å². The molecule has 2 heterocycles. The van der Waals surface area contributed by atoms with Gasteiger partial charge in [0.1, 0.15) is 0 Å². The van der Waals surface area contributed by atoms with Crippen LogP contribution in [0.3, 0.4) is 0 Å². The van der Waals surface area contributed by atoms with E-state index < -0.39 is 11.9 Å². The number of hydrogen-bond acceptors (Lipinski definition) is 5. The third-order valence-corrected chi connectivity index (χ3v) is 5.02. The molecular weight excluding hydrogens is 360 g/mol. The van der Waals surface area contributed by atoms with Gasteiger partial charge in [-0.25, -0.2) is 4.79 Å². The van der Waals surface area contributed by atoms with Crippen LogP contribution in [0.1, 0.15) is 55.3 Å². The molecule has 1 aromatic heterocycles. The minimum atomic E-state index is -0.627. The number of benzene rings is 1. The first-order valence-corrected chi connectivity index (χ1v) is 9.25. The van der Waals surface area contributed by atoms with E-state index in [2.05, 4.69) is 4.57 Å². The maximum Gasteiger partial charge on any atom is 0.338 e. The monoisotopic (exact) mass is 384 g/mol. The first kappa shape index (κ1) is 19.8. The van der Waals surface area contributed by atoms with Gasteiger partial charge in [0.05, 0.1) is 11.7 Å². The maximum absolute atomic E-state index is 12.6. The maximum atomic E-state index is 12.6. The van der Waals surface area contributed by atoms with Crippen LogP contribution in [0.15, 0.2) is 30.3 Å². The summed E-state index contributed by atoms with van der Waals surface area (Å²) in [5.74, 6) is -1.46. The molecule has 0 spiro atoms. The van der Waals surface area contributed by atoms with Crippen LogP contribution in [0.2, 0.25) is 0 Å². The Hall–Kier alpha value is -2.93. The van der Waals surface area contributed by atoms with Crippen LogP contribution < -0.4 is 5.73 Å². The summed E-state index contributed by atoms with van der Waals surface area (Å²) in [6.07, 6.45) is 2.26. The smallest absolute Gasteiger partial charge is 0.338 e. The van der Waals surface area contributed by atoms with E-state index in [1.807, 2.05) is 19.9 Å². The third kappa shape index (κ3) is 4.31. The molecule has 0 radical (unpaired) electrons. The van der Waals surface area contributed by atoms with E-state index in [4.69, 9.17) is 15.2 Å². The molecule has 7 heteroatoms. The minimum Gasteiger partial charge on any atom is -0.454 e. The van der Waals surface area contributed by atoms with Crippen molar-refractivity contribution in [2.45, 2.75) is 39.3 Å². The van der Waals surface area contributed by atoms with E-state index in [0.29, 0.717) is 11.1 Å². The molecule has 1 aromatic carbocycles. The van der Waals surface area contributed by atoms with Crippen LogP contribution in [-0.2, 0) is 16.0 Å². The van der Waals surface area contributed by atoms with Gasteiger partial charge in [-0.2, -0.15) is 0 Å². The average molecular weight is 384 g/mol. The van der Waals surface area contributed by atoms with Crippen molar-refractivity contribution in [2.75, 3.05) is 13.2 Å². The van der Waals surface area contributed by atoms with Crippen molar-refractivity contribution in [1.29, 1.82) is 0 Å². The highest BCUT2D eigenvalue weighted by Crippen LogP contribution is 2.21. The van der Waals surface area contributed by atoms with Crippen LogP contribution in [0.5, 0.6) is 0 Å². The number of aromatic nitrogens is 1. The van der Waals surface area contributed by atoms with Crippen molar-refractivity contribution in [3.63, 3.8) is 0 Å². The van der Waals surface area contributed by atoms with Gasteiger partial charge in [-0.3, -0.25) is 9.59 Å². The third-order valence-electron chi connectivity index (χ3n) is 5.02. The molecule has 1 aliphatic rings. The standard InChI is InChI=1S/C21H24N2O5/c1-13-10-18(14(2)23(13)11-17-4-3-9-27-17)19(24)12-28-21(26)16-7-5-15(6-8-16)20(22)25/h5-8,10,17H,3-4,9,11-12H2,1-2H3,(H2,22,25)/t17-/m1/s1. The van der Waals surface area contributed by atoms with Crippen LogP contribution >= 0.6 is 0 Å². The molecule has 1 aliphatic heterocycles. The van der Waals surface area contributed by atoms with Gasteiger partial charge in [-0.15, -0.1) is 0 Å². The van der Waals surface area contributed by atoms with E-state index in [9.17, 15) is 14.4 Å². The van der Waals surface area contributed by atoms with Gasteiger partial charge in [0, 0.05) is 35.7 Å². The molecule has 148 valence electrons. The fourth-order valence-corrected chi connectivity index (χ4v) is 3.42. The van der Waals surface area contributed by atoms with Gasteiger partial charge < -0.3 is 19.8 Å². The summed E-state index contributed by atoms with van der Waals surface area (Å²) in [4.78, 5) is 35.8. The van der Waals surface area contributed by atoms with Crippen molar-refractivity contribution >= 4 is 17.7 Å². The van der Waals surface area contributed by atoms with Crippen molar-refractivity contribution in [1.82, 2.24) is 4.57 Å². The molecule has 28 heavy (non-hydrogen) atoms. The molecule has 1 saturated heterocycles. The van der Waals surface area contributed by atoms with E-state index in [-0.39, 0.29) is 24.1 Å². The first-order valence-electron chi connectivity index (χ1n) is 9.25. The van der Waals surface area contributed by atoms with Crippen LogP contribution in [0, 0.1) is 13.8 Å². The van der Waals surface area contributed by atoms with Crippen LogP contribution in [0.25, 0.3) is 0 Å². The Morgan fingerprint density at radius 2 is 1.86 bits per heavy atom. The number of amides is 1. The van der Waals surface area contributed by atoms with Gasteiger partial charge in [0.15, 0.2) is 6.61 Å². The highest BCUT2D eigenvalue weighted by molar-refractivity contribution is 6.00. The van der Waals surface area contributed by atoms with E-state index in [1.165, 1.54) is 24.3 Å². The molecular formula is C21H24N2O5. The number of Topliss-reactive ketones (excluding diaryl/α,β-unsaturated/α-hetero) is 1. The number of esters is 1. The predicted octanol–water partition coefficient (Wildman–Crippen LogP) is 2.42. The lowest BCUT2D eigenvalue weighted by Gasteiger charge is -2.14. The zero-order valence-electron chi connectivity index (χ0n) is 16.1. The lowest BCUT2D eigenvalue weighted by atomic mass is 10.1. The van der Waals surface area contributed by atoms with E-state index in [1.54, 1.807) is 0 Å². The molecule has 0 bridgehead atoms. The number of aryl methyl sites for hydroxylation is 1. The Morgan fingerprint density at radius 1 is 1.18 bits per heavy atom. The Bertz CT molecular complexity index is 892. The Morgan fingerprint density at radius 3 is 2.46 bits per heavy atom. The number of rotatable bonds is 7. The Labute approximate surface area is 163 Å². The highest BCUT2D eigenvalue weighted by atomic mass is 16.5. The molecule has 1 atom stereocenters. The van der Waals surface area contributed by atoms with Crippen molar-refractivity contribution in [3.05, 3.63) is 58.4 Å². The summed E-state index contributed by atoms with van der Waals surface area (Å²) in [7, 11) is 0. The number of carbonyl (C=O) groups excluding carboxylic acids is 3. The topological polar surface area (TPSA) is 101 Å². The second kappa shape index (κ2) is 8.39. The van der Waals surface area contributed by atoms with Gasteiger partial charge in [-0.1, -0.05) is 0 Å². The average Bonchev–Trinajstić information content (AvgIpc) is 3.29. The van der Waals surface area contributed by atoms with Crippen molar-refractivity contribution < 1.29 is 23.9 Å². The fraction of sp³-hybridized carbons (Fsp3) is 0.381. The summed E-state index contributed by atoms with van der Waals surface area (Å²) in [5, 5.41) is 0. The lowest BCUT2D eigenvalue weighted by Crippen LogP contribution is -2.18. The van der Waals surface area contributed by atoms with Crippen molar-refractivity contribution in [2.24, 2.45) is 5.73 Å². The number of ketones is 1. The zero-order valence-corrected chi connectivity index (χ0v) is 16.1. The Balaban J connectivity index is 1.62. The summed E-state index contributed by atoms with van der Waals surface area (Å²) in [6.45, 7) is 4.99. The minimum absolute atomic E-state index is 0.175. The summed E-state index contributed by atoms with van der Waals surface area (Å²) < 4.78 is 12.9. The molecule has 3 rings (SSSR count). The largest absolute Gasteiger partial charge is 0.454 e. The molecule has 0 unspecified atom stereocenters. The molecule has 2 aromatic rings. The van der Waals surface area contributed by atoms with Gasteiger partial charge in [-0.05, 0) is 57.0 Å². The van der Waals surface area contributed by atoms with E-state index >= 15 is 0 Å². The second-order valence-corrected chi connectivity index (χ2v) is 6.97. The quantitative estimate of drug-likeness (QED) is 0.584. The fourth-order valence-electron chi connectivity index (χ4n) is 3.42. The number of ether oxygens (including phenoxy) is 2. The SMILES string of the molecule is Cc1cc(C(=O)COC(=O)c2ccc(C(N)=O)cc2)c(C)n1C[C@H]1CCCO1. The second-order valence-electron chi connectivity index (χ2n) is 6.97. The number of primary amides is 1. The predicted molar refractivity (Wildman–Crippen MR) is 102 cm³/mol. The molecule has 0 saturated carbocycles. The first-order chi connectivity index (χ1) is 13.4. The molecule has 0 aliphatic carbocycles. The zero-order chi connectivity index (χ0) is 20.3. The molecule has 2 N–H and O–H groups in total. The molecule has 7 nitrogen and oxygen atoms in total. The summed E-state index contributed by atoms with van der Waals surface area (Å²) in [5.41, 5.74) is 8.09. The molecule has 1 amide bonds. The van der Waals surface area contributed by atoms with Crippen molar-refractivity contribution in [3.8, 4) is 0 Å². The number of carbonyl (C=O) groups is 3. The number of nitrogens with two attached hydrogens (primary N) is 1. The van der Waals surface area contributed by atoms with Crippen LogP contribution in [0.4, 0.5) is 0 Å². The highest BCUT2D eigenvalue weighted by Gasteiger charge is 2.22. The molecule has 1 fully saturated rings. The van der Waals surface area contributed by atoms with Gasteiger partial charge >= 0.3 is 5.97 Å².